The number of benzene rings is 2. The van der Waals surface area contributed by atoms with E-state index in [1.54, 1.807) is 0 Å². The van der Waals surface area contributed by atoms with Crippen LogP contribution < -0.4 is 10.1 Å². The van der Waals surface area contributed by atoms with Gasteiger partial charge in [-0.15, -0.1) is 0 Å². The monoisotopic (exact) mass is 299 g/mol. The lowest BCUT2D eigenvalue weighted by Gasteiger charge is -2.13. The molecule has 2 aromatic rings. The van der Waals surface area contributed by atoms with E-state index in [0.717, 1.165) is 5.56 Å². The van der Waals surface area contributed by atoms with Crippen molar-refractivity contribution in [3.63, 3.8) is 0 Å². The number of carbonyl (C=O) groups is 1. The zero-order valence-electron chi connectivity index (χ0n) is 11.8. The van der Waals surface area contributed by atoms with E-state index in [4.69, 9.17) is 4.74 Å². The number of non-ortho nitro benzene ring substituents is 1. The second-order valence-corrected chi connectivity index (χ2v) is 4.67. The first kappa shape index (κ1) is 15.5. The SMILES string of the molecule is [CH2][C@@H](Cc1ccccc1)NC(=O)Oc1ccc([N+](=O)[O-])cc1. The minimum absolute atomic E-state index is 0.0631. The van der Waals surface area contributed by atoms with Crippen LogP contribution in [0.4, 0.5) is 10.5 Å². The zero-order valence-corrected chi connectivity index (χ0v) is 11.8. The van der Waals surface area contributed by atoms with E-state index in [1.165, 1.54) is 24.3 Å². The Morgan fingerprint density at radius 2 is 1.82 bits per heavy atom. The second kappa shape index (κ2) is 7.21. The van der Waals surface area contributed by atoms with Crippen LogP contribution in [0.2, 0.25) is 0 Å². The lowest BCUT2D eigenvalue weighted by atomic mass is 10.1. The first-order valence-corrected chi connectivity index (χ1v) is 6.64. The number of nitro benzene ring substituents is 1. The van der Waals surface area contributed by atoms with Crippen LogP contribution in [-0.4, -0.2) is 17.1 Å². The number of carbonyl (C=O) groups excluding carboxylic acids is 1. The fourth-order valence-corrected chi connectivity index (χ4v) is 1.89. The smallest absolute Gasteiger partial charge is 0.410 e. The molecule has 0 spiro atoms. The fourth-order valence-electron chi connectivity index (χ4n) is 1.89. The molecule has 1 amide bonds. The van der Waals surface area contributed by atoms with Crippen LogP contribution in [0.25, 0.3) is 0 Å². The molecule has 113 valence electrons. The Morgan fingerprint density at radius 3 is 2.41 bits per heavy atom. The number of amides is 1. The summed E-state index contributed by atoms with van der Waals surface area (Å²) >= 11 is 0. The summed E-state index contributed by atoms with van der Waals surface area (Å²) in [6, 6.07) is 14.6. The Hall–Kier alpha value is -2.89. The minimum Gasteiger partial charge on any atom is -0.410 e. The molecular weight excluding hydrogens is 284 g/mol. The van der Waals surface area contributed by atoms with Crippen molar-refractivity contribution in [1.29, 1.82) is 0 Å². The van der Waals surface area contributed by atoms with Gasteiger partial charge in [-0.2, -0.15) is 0 Å². The average Bonchev–Trinajstić information content (AvgIpc) is 2.48. The van der Waals surface area contributed by atoms with Gasteiger partial charge >= 0.3 is 6.09 Å². The van der Waals surface area contributed by atoms with Crippen molar-refractivity contribution in [3.05, 3.63) is 77.2 Å². The highest BCUT2D eigenvalue weighted by atomic mass is 16.6. The predicted octanol–water partition coefficient (Wildman–Crippen LogP) is 3.13. The molecule has 6 heteroatoms. The van der Waals surface area contributed by atoms with Crippen LogP contribution in [0.5, 0.6) is 5.75 Å². The van der Waals surface area contributed by atoms with Crippen molar-refractivity contribution >= 4 is 11.8 Å². The maximum Gasteiger partial charge on any atom is 0.412 e. The minimum atomic E-state index is -0.648. The van der Waals surface area contributed by atoms with E-state index in [1.807, 2.05) is 30.3 Å². The van der Waals surface area contributed by atoms with Gasteiger partial charge in [0.15, 0.2) is 0 Å². The van der Waals surface area contributed by atoms with Gasteiger partial charge in [0.2, 0.25) is 0 Å². The van der Waals surface area contributed by atoms with Crippen molar-refractivity contribution in [1.82, 2.24) is 5.32 Å². The Morgan fingerprint density at radius 1 is 1.18 bits per heavy atom. The highest BCUT2D eigenvalue weighted by Gasteiger charge is 2.11. The molecule has 0 saturated carbocycles. The molecule has 0 aliphatic heterocycles. The van der Waals surface area contributed by atoms with Crippen molar-refractivity contribution in [2.45, 2.75) is 12.5 Å². The highest BCUT2D eigenvalue weighted by molar-refractivity contribution is 5.71. The van der Waals surface area contributed by atoms with E-state index in [0.29, 0.717) is 6.42 Å². The summed E-state index contributed by atoms with van der Waals surface area (Å²) in [5.74, 6) is 0.231. The molecule has 0 unspecified atom stereocenters. The number of nitrogens with one attached hydrogen (secondary N) is 1. The van der Waals surface area contributed by atoms with Crippen LogP contribution in [0.15, 0.2) is 54.6 Å². The third-order valence-electron chi connectivity index (χ3n) is 2.90. The number of nitrogens with zero attached hydrogens (tertiary/aromatic N) is 1. The number of rotatable bonds is 5. The summed E-state index contributed by atoms with van der Waals surface area (Å²) in [5.41, 5.74) is 0.991. The van der Waals surface area contributed by atoms with Gasteiger partial charge in [0.25, 0.3) is 5.69 Å². The third-order valence-corrected chi connectivity index (χ3v) is 2.90. The van der Waals surface area contributed by atoms with Crippen molar-refractivity contribution in [2.75, 3.05) is 0 Å². The summed E-state index contributed by atoms with van der Waals surface area (Å²) in [4.78, 5) is 21.7. The molecule has 1 radical (unpaired) electrons. The van der Waals surface area contributed by atoms with Gasteiger partial charge in [-0.25, -0.2) is 4.79 Å². The molecule has 0 aliphatic carbocycles. The summed E-state index contributed by atoms with van der Waals surface area (Å²) in [6.07, 6.45) is -0.0688. The molecule has 2 rings (SSSR count). The standard InChI is InChI=1S/C16H15N2O4/c1-12(11-13-5-3-2-4-6-13)17-16(19)22-15-9-7-14(8-10-15)18(20)21/h2-10,12H,1,11H2,(H,17,19)/t12-/m0/s1. The maximum atomic E-state index is 11.7. The van der Waals surface area contributed by atoms with E-state index in [-0.39, 0.29) is 17.5 Å². The van der Waals surface area contributed by atoms with Crippen molar-refractivity contribution in [3.8, 4) is 5.75 Å². The molecule has 0 aromatic heterocycles. The first-order valence-electron chi connectivity index (χ1n) is 6.64. The molecule has 0 heterocycles. The lowest BCUT2D eigenvalue weighted by Crippen LogP contribution is -2.36. The summed E-state index contributed by atoms with van der Waals surface area (Å²) in [7, 11) is 0. The second-order valence-electron chi connectivity index (χ2n) is 4.67. The van der Waals surface area contributed by atoms with E-state index < -0.39 is 11.0 Å². The zero-order chi connectivity index (χ0) is 15.9. The molecule has 22 heavy (non-hydrogen) atoms. The molecule has 0 fully saturated rings. The third kappa shape index (κ3) is 4.59. The first-order chi connectivity index (χ1) is 10.5. The molecule has 6 nitrogen and oxygen atoms in total. The highest BCUT2D eigenvalue weighted by Crippen LogP contribution is 2.17. The van der Waals surface area contributed by atoms with Crippen LogP contribution in [-0.2, 0) is 6.42 Å². The van der Waals surface area contributed by atoms with E-state index in [2.05, 4.69) is 12.2 Å². The van der Waals surface area contributed by atoms with Crippen molar-refractivity contribution in [2.24, 2.45) is 0 Å². The summed E-state index contributed by atoms with van der Waals surface area (Å²) in [6.45, 7) is 3.85. The molecule has 0 aliphatic rings. The number of ether oxygens (including phenoxy) is 1. The largest absolute Gasteiger partial charge is 0.412 e. The van der Waals surface area contributed by atoms with E-state index >= 15 is 0 Å². The van der Waals surface area contributed by atoms with Gasteiger partial charge in [0.1, 0.15) is 5.75 Å². The Labute approximate surface area is 127 Å². The fraction of sp³-hybridized carbons (Fsp3) is 0.125. The van der Waals surface area contributed by atoms with Gasteiger partial charge in [0.05, 0.1) is 4.92 Å². The average molecular weight is 299 g/mol. The number of hydrogen-bond donors (Lipinski definition) is 1. The molecule has 1 atom stereocenters. The number of nitro groups is 1. The van der Waals surface area contributed by atoms with Gasteiger partial charge in [-0.3, -0.25) is 10.1 Å². The predicted molar refractivity (Wildman–Crippen MR) is 81.5 cm³/mol. The van der Waals surface area contributed by atoms with Crippen LogP contribution >= 0.6 is 0 Å². The van der Waals surface area contributed by atoms with Gasteiger partial charge in [-0.05, 0) is 31.0 Å². The molecule has 0 bridgehead atoms. The Balaban J connectivity index is 1.85. The Kier molecular flexibility index (Phi) is 5.08. The van der Waals surface area contributed by atoms with Crippen molar-refractivity contribution < 1.29 is 14.5 Å². The molecule has 2 aromatic carbocycles. The van der Waals surface area contributed by atoms with Gasteiger partial charge in [-0.1, -0.05) is 30.3 Å². The van der Waals surface area contributed by atoms with Crippen LogP contribution in [0.3, 0.4) is 0 Å². The van der Waals surface area contributed by atoms with Crippen LogP contribution in [0.1, 0.15) is 5.56 Å². The molecule has 0 saturated heterocycles. The van der Waals surface area contributed by atoms with Crippen LogP contribution in [0, 0.1) is 17.0 Å². The quantitative estimate of drug-likeness (QED) is 0.679. The molecular formula is C16H15N2O4. The summed E-state index contributed by atoms with van der Waals surface area (Å²) in [5, 5.41) is 13.1. The van der Waals surface area contributed by atoms with E-state index in [9.17, 15) is 14.9 Å². The Bertz CT molecular complexity index is 641. The maximum absolute atomic E-state index is 11.7. The molecule has 1 N–H and O–H groups in total. The number of hydrogen-bond acceptors (Lipinski definition) is 4. The van der Waals surface area contributed by atoms with Gasteiger partial charge < -0.3 is 10.1 Å². The van der Waals surface area contributed by atoms with Gasteiger partial charge in [0, 0.05) is 18.2 Å². The lowest BCUT2D eigenvalue weighted by molar-refractivity contribution is -0.384. The normalized spacial score (nSPS) is 11.5. The topological polar surface area (TPSA) is 81.5 Å². The summed E-state index contributed by atoms with van der Waals surface area (Å²) < 4.78 is 5.04.